The van der Waals surface area contributed by atoms with Crippen LogP contribution in [-0.2, 0) is 20.5 Å². The van der Waals surface area contributed by atoms with Crippen LogP contribution in [0.1, 0.15) is 31.2 Å². The van der Waals surface area contributed by atoms with Gasteiger partial charge in [-0.15, -0.1) is 0 Å². The minimum Gasteiger partial charge on any atom is -0.362 e. The number of ether oxygens (including phenoxy) is 1. The number of carbonyl (C=O) groups excluding carboxylic acids is 2. The standard InChI is InChI=1S/C17H21F3N2O3/c18-17(19,20)13-6-5-7-14(10-13)21-15(23)11-25-12-16(24)22-8-3-1-2-4-9-22/h5-7,10H,1-4,8-9,11-12H2,(H,21,23). The zero-order chi connectivity index (χ0) is 18.3. The molecule has 1 fully saturated rings. The summed E-state index contributed by atoms with van der Waals surface area (Å²) in [7, 11) is 0. The molecular formula is C17H21F3N2O3. The molecular weight excluding hydrogens is 337 g/mol. The number of likely N-dealkylation sites (tertiary alicyclic amines) is 1. The van der Waals surface area contributed by atoms with Gasteiger partial charge in [0, 0.05) is 18.8 Å². The Morgan fingerprint density at radius 1 is 1.08 bits per heavy atom. The van der Waals surface area contributed by atoms with Gasteiger partial charge in [-0.05, 0) is 31.0 Å². The first kappa shape index (κ1) is 19.2. The molecule has 0 radical (unpaired) electrons. The van der Waals surface area contributed by atoms with E-state index in [-0.39, 0.29) is 18.2 Å². The third kappa shape index (κ3) is 6.38. The second-order valence-corrected chi connectivity index (χ2v) is 5.91. The van der Waals surface area contributed by atoms with Crippen LogP contribution in [0.4, 0.5) is 18.9 Å². The van der Waals surface area contributed by atoms with Crippen LogP contribution in [0.3, 0.4) is 0 Å². The third-order valence-corrected chi connectivity index (χ3v) is 3.89. The molecule has 1 aliphatic heterocycles. The fraction of sp³-hybridized carbons (Fsp3) is 0.529. The number of benzene rings is 1. The van der Waals surface area contributed by atoms with Gasteiger partial charge in [0.15, 0.2) is 0 Å². The number of amides is 2. The molecule has 8 heteroatoms. The average molecular weight is 358 g/mol. The summed E-state index contributed by atoms with van der Waals surface area (Å²) in [6.07, 6.45) is -0.353. The largest absolute Gasteiger partial charge is 0.416 e. The zero-order valence-electron chi connectivity index (χ0n) is 13.8. The number of halogens is 3. The van der Waals surface area contributed by atoms with Gasteiger partial charge in [-0.2, -0.15) is 13.2 Å². The molecule has 1 saturated heterocycles. The van der Waals surface area contributed by atoms with E-state index < -0.39 is 24.3 Å². The van der Waals surface area contributed by atoms with Crippen molar-refractivity contribution in [3.05, 3.63) is 29.8 Å². The van der Waals surface area contributed by atoms with Crippen LogP contribution in [0, 0.1) is 0 Å². The first-order valence-corrected chi connectivity index (χ1v) is 8.19. The van der Waals surface area contributed by atoms with Crippen molar-refractivity contribution >= 4 is 17.5 Å². The molecule has 2 rings (SSSR count). The van der Waals surface area contributed by atoms with Crippen molar-refractivity contribution in [2.75, 3.05) is 31.6 Å². The summed E-state index contributed by atoms with van der Waals surface area (Å²) < 4.78 is 43.0. The number of nitrogens with one attached hydrogen (secondary N) is 1. The van der Waals surface area contributed by atoms with Crippen molar-refractivity contribution in [2.45, 2.75) is 31.9 Å². The summed E-state index contributed by atoms with van der Waals surface area (Å²) >= 11 is 0. The Morgan fingerprint density at radius 3 is 2.40 bits per heavy atom. The molecule has 0 atom stereocenters. The zero-order valence-corrected chi connectivity index (χ0v) is 13.8. The summed E-state index contributed by atoms with van der Waals surface area (Å²) in [5.41, 5.74) is -0.815. The van der Waals surface area contributed by atoms with E-state index in [1.54, 1.807) is 4.90 Å². The van der Waals surface area contributed by atoms with E-state index >= 15 is 0 Å². The molecule has 1 aromatic rings. The number of carbonyl (C=O) groups is 2. The molecule has 0 saturated carbocycles. The minimum atomic E-state index is -4.48. The predicted octanol–water partition coefficient (Wildman–Crippen LogP) is 3.06. The molecule has 1 heterocycles. The highest BCUT2D eigenvalue weighted by Crippen LogP contribution is 2.30. The fourth-order valence-electron chi connectivity index (χ4n) is 2.61. The lowest BCUT2D eigenvalue weighted by molar-refractivity contribution is -0.138. The SMILES string of the molecule is O=C(COCC(=O)N1CCCCCC1)Nc1cccc(C(F)(F)F)c1. The Balaban J connectivity index is 1.76. The lowest BCUT2D eigenvalue weighted by atomic mass is 10.2. The van der Waals surface area contributed by atoms with Crippen molar-refractivity contribution in [3.8, 4) is 0 Å². The van der Waals surface area contributed by atoms with E-state index in [4.69, 9.17) is 4.74 Å². The van der Waals surface area contributed by atoms with E-state index in [1.807, 2.05) is 0 Å². The Kier molecular flexibility index (Phi) is 6.81. The van der Waals surface area contributed by atoms with Gasteiger partial charge in [0.25, 0.3) is 0 Å². The van der Waals surface area contributed by atoms with Crippen LogP contribution in [-0.4, -0.2) is 43.0 Å². The fourth-order valence-corrected chi connectivity index (χ4v) is 2.61. The van der Waals surface area contributed by atoms with E-state index in [2.05, 4.69) is 5.32 Å². The van der Waals surface area contributed by atoms with Gasteiger partial charge in [0.2, 0.25) is 11.8 Å². The number of anilines is 1. The molecule has 5 nitrogen and oxygen atoms in total. The Hall–Kier alpha value is -2.09. The summed E-state index contributed by atoms with van der Waals surface area (Å²) in [5.74, 6) is -0.781. The first-order chi connectivity index (χ1) is 11.9. The Labute approximate surface area is 144 Å². The van der Waals surface area contributed by atoms with E-state index in [0.717, 1.165) is 37.8 Å². The number of hydrogen-bond donors (Lipinski definition) is 1. The van der Waals surface area contributed by atoms with Crippen molar-refractivity contribution in [1.82, 2.24) is 4.90 Å². The van der Waals surface area contributed by atoms with Gasteiger partial charge in [-0.3, -0.25) is 9.59 Å². The predicted molar refractivity (Wildman–Crippen MR) is 85.9 cm³/mol. The molecule has 0 bridgehead atoms. The Bertz CT molecular complexity index is 597. The molecule has 0 aromatic heterocycles. The smallest absolute Gasteiger partial charge is 0.362 e. The summed E-state index contributed by atoms with van der Waals surface area (Å²) in [5, 5.41) is 2.33. The van der Waals surface area contributed by atoms with E-state index in [1.165, 1.54) is 12.1 Å². The van der Waals surface area contributed by atoms with Crippen LogP contribution in [0.25, 0.3) is 0 Å². The summed E-state index contributed by atoms with van der Waals surface area (Å²) in [4.78, 5) is 25.5. The second-order valence-electron chi connectivity index (χ2n) is 5.91. The van der Waals surface area contributed by atoms with E-state index in [9.17, 15) is 22.8 Å². The molecule has 1 aliphatic rings. The van der Waals surface area contributed by atoms with Crippen molar-refractivity contribution in [3.63, 3.8) is 0 Å². The maximum atomic E-state index is 12.6. The molecule has 0 spiro atoms. The second kappa shape index (κ2) is 8.84. The molecule has 1 N–H and O–H groups in total. The molecule has 0 aliphatic carbocycles. The van der Waals surface area contributed by atoms with Gasteiger partial charge in [-0.25, -0.2) is 0 Å². The monoisotopic (exact) mass is 358 g/mol. The summed E-state index contributed by atoms with van der Waals surface area (Å²) in [6.45, 7) is 0.781. The lowest BCUT2D eigenvalue weighted by Crippen LogP contribution is -2.35. The molecule has 138 valence electrons. The topological polar surface area (TPSA) is 58.6 Å². The van der Waals surface area contributed by atoms with E-state index in [0.29, 0.717) is 13.1 Å². The average Bonchev–Trinajstić information content (AvgIpc) is 2.83. The minimum absolute atomic E-state index is 0.0299. The van der Waals surface area contributed by atoms with Crippen LogP contribution >= 0.6 is 0 Å². The van der Waals surface area contributed by atoms with Crippen molar-refractivity contribution < 1.29 is 27.5 Å². The van der Waals surface area contributed by atoms with Crippen molar-refractivity contribution in [2.24, 2.45) is 0 Å². The van der Waals surface area contributed by atoms with Gasteiger partial charge in [0.05, 0.1) is 5.56 Å². The van der Waals surface area contributed by atoms with Crippen LogP contribution in [0.15, 0.2) is 24.3 Å². The number of nitrogens with zero attached hydrogens (tertiary/aromatic N) is 1. The van der Waals surface area contributed by atoms with Crippen LogP contribution in [0.5, 0.6) is 0 Å². The maximum Gasteiger partial charge on any atom is 0.416 e. The molecule has 1 aromatic carbocycles. The molecule has 2 amide bonds. The van der Waals surface area contributed by atoms with Gasteiger partial charge < -0.3 is 15.0 Å². The normalized spacial score (nSPS) is 15.6. The first-order valence-electron chi connectivity index (χ1n) is 8.19. The summed E-state index contributed by atoms with van der Waals surface area (Å²) in [6, 6.07) is 4.34. The number of rotatable bonds is 5. The maximum absolute atomic E-state index is 12.6. The molecule has 0 unspecified atom stereocenters. The number of hydrogen-bond acceptors (Lipinski definition) is 3. The highest BCUT2D eigenvalue weighted by Gasteiger charge is 2.30. The van der Waals surface area contributed by atoms with Crippen LogP contribution in [0.2, 0.25) is 0 Å². The highest BCUT2D eigenvalue weighted by molar-refractivity contribution is 5.92. The molecule has 25 heavy (non-hydrogen) atoms. The quantitative estimate of drug-likeness (QED) is 0.880. The third-order valence-electron chi connectivity index (χ3n) is 3.89. The van der Waals surface area contributed by atoms with Crippen LogP contribution < -0.4 is 5.32 Å². The van der Waals surface area contributed by atoms with Gasteiger partial charge in [-0.1, -0.05) is 18.9 Å². The van der Waals surface area contributed by atoms with Gasteiger partial charge >= 0.3 is 6.18 Å². The van der Waals surface area contributed by atoms with Crippen molar-refractivity contribution in [1.29, 1.82) is 0 Å². The Morgan fingerprint density at radius 2 is 1.76 bits per heavy atom. The van der Waals surface area contributed by atoms with Gasteiger partial charge in [0.1, 0.15) is 13.2 Å². The lowest BCUT2D eigenvalue weighted by Gasteiger charge is -2.20. The number of alkyl halides is 3. The highest BCUT2D eigenvalue weighted by atomic mass is 19.4.